The first kappa shape index (κ1) is 14.8. The highest BCUT2D eigenvalue weighted by Gasteiger charge is 2.16. The molecule has 0 aliphatic rings. The van der Waals surface area contributed by atoms with E-state index in [1.165, 1.54) is 0 Å². The summed E-state index contributed by atoms with van der Waals surface area (Å²) in [4.78, 5) is 0. The fourth-order valence-electron chi connectivity index (χ4n) is 1.88. The maximum atomic E-state index is 9.32. The summed E-state index contributed by atoms with van der Waals surface area (Å²) in [6.45, 7) is 0.659. The van der Waals surface area contributed by atoms with Gasteiger partial charge in [-0.1, -0.05) is 17.3 Å². The summed E-state index contributed by atoms with van der Waals surface area (Å²) < 4.78 is 6.85. The van der Waals surface area contributed by atoms with Crippen LogP contribution in [0, 0.1) is 11.3 Å². The van der Waals surface area contributed by atoms with Crippen molar-refractivity contribution in [3.63, 3.8) is 0 Å². The molecule has 2 aromatic rings. The van der Waals surface area contributed by atoms with Crippen LogP contribution in [0.5, 0.6) is 5.75 Å². The van der Waals surface area contributed by atoms with Crippen molar-refractivity contribution in [1.29, 1.82) is 5.26 Å². The standard InChI is InChI=1S/C14H17N5O2/c1-21-14-6-3-2-5-11(14)16-12(9-15)13-10-19(18-17-13)7-4-8-20/h2-3,5-6,10,12,16,20H,4,7-8H2,1H3. The van der Waals surface area contributed by atoms with Crippen molar-refractivity contribution in [2.75, 3.05) is 19.0 Å². The van der Waals surface area contributed by atoms with E-state index in [4.69, 9.17) is 9.84 Å². The average Bonchev–Trinajstić information content (AvgIpc) is 2.99. The minimum Gasteiger partial charge on any atom is -0.495 e. The minimum atomic E-state index is -0.621. The molecule has 0 amide bonds. The first-order valence-electron chi connectivity index (χ1n) is 6.58. The molecular formula is C14H17N5O2. The van der Waals surface area contributed by atoms with Gasteiger partial charge in [0, 0.05) is 13.2 Å². The Hall–Kier alpha value is -2.59. The number of methoxy groups -OCH3 is 1. The number of ether oxygens (including phenoxy) is 1. The van der Waals surface area contributed by atoms with E-state index in [9.17, 15) is 5.26 Å². The number of aliphatic hydroxyl groups excluding tert-OH is 1. The summed E-state index contributed by atoms with van der Waals surface area (Å²) in [5.41, 5.74) is 1.25. The van der Waals surface area contributed by atoms with Gasteiger partial charge in [-0.2, -0.15) is 5.26 Å². The van der Waals surface area contributed by atoms with E-state index >= 15 is 0 Å². The van der Waals surface area contributed by atoms with Crippen molar-refractivity contribution in [2.45, 2.75) is 19.0 Å². The number of nitriles is 1. The topological polar surface area (TPSA) is 96.0 Å². The quantitative estimate of drug-likeness (QED) is 0.798. The Morgan fingerprint density at radius 3 is 3.00 bits per heavy atom. The molecule has 1 atom stereocenters. The lowest BCUT2D eigenvalue weighted by atomic mass is 10.2. The molecule has 1 aromatic carbocycles. The van der Waals surface area contributed by atoms with Gasteiger partial charge in [0.25, 0.3) is 0 Å². The number of nitrogens with zero attached hydrogens (tertiary/aromatic N) is 4. The number of hydrogen-bond donors (Lipinski definition) is 2. The monoisotopic (exact) mass is 287 g/mol. The van der Waals surface area contributed by atoms with Crippen LogP contribution in [0.25, 0.3) is 0 Å². The third-order valence-electron chi connectivity index (χ3n) is 2.93. The van der Waals surface area contributed by atoms with Crippen LogP contribution >= 0.6 is 0 Å². The molecule has 110 valence electrons. The van der Waals surface area contributed by atoms with Crippen molar-refractivity contribution in [2.24, 2.45) is 0 Å². The zero-order valence-electron chi connectivity index (χ0n) is 11.7. The minimum absolute atomic E-state index is 0.0936. The lowest BCUT2D eigenvalue weighted by Crippen LogP contribution is -2.10. The Labute approximate surface area is 122 Å². The molecule has 7 heteroatoms. The molecule has 2 N–H and O–H groups in total. The van der Waals surface area contributed by atoms with Crippen molar-refractivity contribution in [1.82, 2.24) is 15.0 Å². The molecule has 1 aromatic heterocycles. The van der Waals surface area contributed by atoms with Gasteiger partial charge in [0.05, 0.1) is 25.1 Å². The van der Waals surface area contributed by atoms with Crippen LogP contribution < -0.4 is 10.1 Å². The van der Waals surface area contributed by atoms with Crippen LogP contribution in [0.2, 0.25) is 0 Å². The van der Waals surface area contributed by atoms with Crippen LogP contribution in [0.1, 0.15) is 18.2 Å². The molecule has 7 nitrogen and oxygen atoms in total. The smallest absolute Gasteiger partial charge is 0.160 e. The van der Waals surface area contributed by atoms with E-state index in [0.717, 1.165) is 5.69 Å². The summed E-state index contributed by atoms with van der Waals surface area (Å²) in [5.74, 6) is 0.658. The Balaban J connectivity index is 2.13. The summed E-state index contributed by atoms with van der Waals surface area (Å²) in [7, 11) is 1.58. The van der Waals surface area contributed by atoms with Gasteiger partial charge in [-0.15, -0.1) is 5.10 Å². The van der Waals surface area contributed by atoms with Crippen molar-refractivity contribution >= 4 is 5.69 Å². The van der Waals surface area contributed by atoms with Crippen LogP contribution in [0.15, 0.2) is 30.5 Å². The summed E-state index contributed by atoms with van der Waals surface area (Å²) >= 11 is 0. The highest BCUT2D eigenvalue weighted by molar-refractivity contribution is 5.57. The molecule has 1 heterocycles. The number of benzene rings is 1. The second-order valence-corrected chi connectivity index (χ2v) is 4.39. The van der Waals surface area contributed by atoms with Crippen molar-refractivity contribution in [3.8, 4) is 11.8 Å². The molecule has 0 fully saturated rings. The van der Waals surface area contributed by atoms with Gasteiger partial charge in [0.15, 0.2) is 6.04 Å². The zero-order valence-corrected chi connectivity index (χ0v) is 11.7. The van der Waals surface area contributed by atoms with Gasteiger partial charge in [-0.25, -0.2) is 0 Å². The van der Waals surface area contributed by atoms with Gasteiger partial charge >= 0.3 is 0 Å². The van der Waals surface area contributed by atoms with E-state index in [-0.39, 0.29) is 6.61 Å². The molecule has 0 aliphatic carbocycles. The van der Waals surface area contributed by atoms with Gasteiger partial charge in [0.1, 0.15) is 11.4 Å². The number of anilines is 1. The van der Waals surface area contributed by atoms with Crippen molar-refractivity contribution in [3.05, 3.63) is 36.2 Å². The molecule has 0 bridgehead atoms. The Morgan fingerprint density at radius 1 is 1.48 bits per heavy atom. The molecule has 21 heavy (non-hydrogen) atoms. The van der Waals surface area contributed by atoms with E-state index in [1.54, 1.807) is 18.0 Å². The van der Waals surface area contributed by atoms with Crippen LogP contribution in [-0.4, -0.2) is 33.8 Å². The molecule has 0 spiro atoms. The molecule has 2 rings (SSSR count). The predicted molar refractivity (Wildman–Crippen MR) is 76.7 cm³/mol. The highest BCUT2D eigenvalue weighted by atomic mass is 16.5. The molecule has 0 radical (unpaired) electrons. The predicted octanol–water partition coefficient (Wildman–Crippen LogP) is 1.35. The number of aliphatic hydroxyl groups is 1. The Kier molecular flexibility index (Phi) is 5.12. The second kappa shape index (κ2) is 7.26. The highest BCUT2D eigenvalue weighted by Crippen LogP contribution is 2.26. The molecule has 0 saturated carbocycles. The third kappa shape index (κ3) is 3.70. The molecular weight excluding hydrogens is 270 g/mol. The largest absolute Gasteiger partial charge is 0.495 e. The van der Waals surface area contributed by atoms with E-state index in [1.807, 2.05) is 24.3 Å². The average molecular weight is 287 g/mol. The first-order valence-corrected chi connectivity index (χ1v) is 6.58. The summed E-state index contributed by atoms with van der Waals surface area (Å²) in [6.07, 6.45) is 2.30. The van der Waals surface area contributed by atoms with E-state index in [2.05, 4.69) is 21.7 Å². The Morgan fingerprint density at radius 2 is 2.29 bits per heavy atom. The fraction of sp³-hybridized carbons (Fsp3) is 0.357. The number of hydrogen-bond acceptors (Lipinski definition) is 6. The lowest BCUT2D eigenvalue weighted by molar-refractivity contribution is 0.276. The maximum absolute atomic E-state index is 9.32. The third-order valence-corrected chi connectivity index (χ3v) is 2.93. The number of rotatable bonds is 7. The van der Waals surface area contributed by atoms with Gasteiger partial charge < -0.3 is 15.2 Å². The van der Waals surface area contributed by atoms with Gasteiger partial charge in [-0.05, 0) is 18.6 Å². The zero-order chi connectivity index (χ0) is 15.1. The second-order valence-electron chi connectivity index (χ2n) is 4.39. The van der Waals surface area contributed by atoms with Gasteiger partial charge in [0.2, 0.25) is 0 Å². The fourth-order valence-corrected chi connectivity index (χ4v) is 1.88. The van der Waals surface area contributed by atoms with Gasteiger partial charge in [-0.3, -0.25) is 4.68 Å². The number of nitrogens with one attached hydrogen (secondary N) is 1. The van der Waals surface area contributed by atoms with Crippen LogP contribution in [0.3, 0.4) is 0 Å². The Bertz CT molecular complexity index is 620. The summed E-state index contributed by atoms with van der Waals surface area (Å²) in [5, 5.41) is 29.1. The number of aromatic nitrogens is 3. The first-order chi connectivity index (χ1) is 10.3. The number of aryl methyl sites for hydroxylation is 1. The normalized spacial score (nSPS) is 11.7. The molecule has 0 saturated heterocycles. The van der Waals surface area contributed by atoms with E-state index in [0.29, 0.717) is 24.4 Å². The lowest BCUT2D eigenvalue weighted by Gasteiger charge is -2.13. The van der Waals surface area contributed by atoms with Crippen molar-refractivity contribution < 1.29 is 9.84 Å². The van der Waals surface area contributed by atoms with Crippen LogP contribution in [0.4, 0.5) is 5.69 Å². The van der Waals surface area contributed by atoms with E-state index < -0.39 is 6.04 Å². The SMILES string of the molecule is COc1ccccc1NC(C#N)c1cn(CCCO)nn1. The molecule has 1 unspecified atom stereocenters. The molecule has 0 aliphatic heterocycles. The number of para-hydroxylation sites is 2. The van der Waals surface area contributed by atoms with Crippen LogP contribution in [-0.2, 0) is 6.54 Å². The maximum Gasteiger partial charge on any atom is 0.160 e. The summed E-state index contributed by atoms with van der Waals surface area (Å²) in [6, 6.07) is 8.90.